The number of thioether (sulfide) groups is 1. The number of aromatic nitrogens is 3. The van der Waals surface area contributed by atoms with E-state index in [-0.39, 0.29) is 24.6 Å². The molecule has 0 aliphatic carbocycles. The second kappa shape index (κ2) is 9.80. The Labute approximate surface area is 173 Å². The highest BCUT2D eigenvalue weighted by Crippen LogP contribution is 2.30. The summed E-state index contributed by atoms with van der Waals surface area (Å²) < 4.78 is 12.7. The molecule has 9 heteroatoms. The zero-order chi connectivity index (χ0) is 20.6. The molecule has 8 nitrogen and oxygen atoms in total. The summed E-state index contributed by atoms with van der Waals surface area (Å²) in [6.07, 6.45) is 1.81. The Morgan fingerprint density at radius 3 is 2.83 bits per heavy atom. The number of anilines is 1. The van der Waals surface area contributed by atoms with Gasteiger partial charge in [-0.25, -0.2) is 0 Å². The van der Waals surface area contributed by atoms with E-state index in [2.05, 4.69) is 16.3 Å². The molecule has 0 spiro atoms. The van der Waals surface area contributed by atoms with Gasteiger partial charge >= 0.3 is 0 Å². The Hall–Kier alpha value is -3.25. The third kappa shape index (κ3) is 4.60. The lowest BCUT2D eigenvalue weighted by Gasteiger charge is -2.23. The SMILES string of the molecule is CCn1c(SCC(=O)N(CCC#N)c2ccccc2OC)nnc1-c1ccco1. The number of rotatable bonds is 9. The summed E-state index contributed by atoms with van der Waals surface area (Å²) in [6, 6.07) is 13.0. The molecule has 0 N–H and O–H groups in total. The van der Waals surface area contributed by atoms with Gasteiger partial charge in [0.15, 0.2) is 16.7 Å². The molecule has 0 saturated heterocycles. The van der Waals surface area contributed by atoms with Crippen LogP contribution in [0.2, 0.25) is 0 Å². The molecule has 29 heavy (non-hydrogen) atoms. The smallest absolute Gasteiger partial charge is 0.237 e. The highest BCUT2D eigenvalue weighted by molar-refractivity contribution is 7.99. The van der Waals surface area contributed by atoms with Crippen LogP contribution in [0.25, 0.3) is 11.6 Å². The molecule has 0 fully saturated rings. The molecule has 0 unspecified atom stereocenters. The molecular formula is C20H21N5O3S. The zero-order valence-corrected chi connectivity index (χ0v) is 17.1. The first kappa shape index (κ1) is 20.5. The number of hydrogen-bond acceptors (Lipinski definition) is 7. The third-order valence-corrected chi connectivity index (χ3v) is 5.18. The molecule has 0 saturated carbocycles. The maximum Gasteiger partial charge on any atom is 0.237 e. The third-order valence-electron chi connectivity index (χ3n) is 4.22. The number of benzene rings is 1. The second-order valence-electron chi connectivity index (χ2n) is 5.94. The average Bonchev–Trinajstić information content (AvgIpc) is 3.42. The summed E-state index contributed by atoms with van der Waals surface area (Å²) in [5, 5.41) is 18.0. The van der Waals surface area contributed by atoms with Gasteiger partial charge in [-0.2, -0.15) is 5.26 Å². The molecule has 2 aromatic heterocycles. The number of methoxy groups -OCH3 is 1. The summed E-state index contributed by atoms with van der Waals surface area (Å²) in [4.78, 5) is 14.6. The van der Waals surface area contributed by atoms with E-state index in [9.17, 15) is 4.79 Å². The predicted molar refractivity (Wildman–Crippen MR) is 110 cm³/mol. The minimum atomic E-state index is -0.139. The predicted octanol–water partition coefficient (Wildman–Crippen LogP) is 3.61. The lowest BCUT2D eigenvalue weighted by Crippen LogP contribution is -2.33. The number of nitrogens with zero attached hydrogens (tertiary/aromatic N) is 5. The van der Waals surface area contributed by atoms with Gasteiger partial charge in [0.25, 0.3) is 0 Å². The molecule has 150 valence electrons. The molecule has 0 aliphatic heterocycles. The Morgan fingerprint density at radius 1 is 1.31 bits per heavy atom. The van der Waals surface area contributed by atoms with Crippen molar-refractivity contribution in [1.29, 1.82) is 5.26 Å². The molecule has 0 aliphatic rings. The largest absolute Gasteiger partial charge is 0.495 e. The first-order valence-corrected chi connectivity index (χ1v) is 10.1. The Bertz CT molecular complexity index is 994. The molecular weight excluding hydrogens is 390 g/mol. The van der Waals surface area contributed by atoms with Crippen LogP contribution >= 0.6 is 11.8 Å². The number of carbonyl (C=O) groups excluding carboxylic acids is 1. The minimum Gasteiger partial charge on any atom is -0.495 e. The summed E-state index contributed by atoms with van der Waals surface area (Å²) in [7, 11) is 1.56. The van der Waals surface area contributed by atoms with Gasteiger partial charge in [-0.1, -0.05) is 23.9 Å². The molecule has 3 rings (SSSR count). The van der Waals surface area contributed by atoms with Crippen molar-refractivity contribution in [2.24, 2.45) is 0 Å². The van der Waals surface area contributed by atoms with Gasteiger partial charge in [-0.05, 0) is 31.2 Å². The van der Waals surface area contributed by atoms with E-state index >= 15 is 0 Å². The van der Waals surface area contributed by atoms with Crippen LogP contribution in [-0.4, -0.2) is 40.1 Å². The van der Waals surface area contributed by atoms with Crippen LogP contribution in [0.1, 0.15) is 13.3 Å². The van der Waals surface area contributed by atoms with Crippen LogP contribution in [0.15, 0.2) is 52.2 Å². The average molecular weight is 411 g/mol. The van der Waals surface area contributed by atoms with Crippen LogP contribution in [0.3, 0.4) is 0 Å². The molecule has 1 aromatic carbocycles. The van der Waals surface area contributed by atoms with Gasteiger partial charge < -0.3 is 14.1 Å². The Balaban J connectivity index is 1.78. The fourth-order valence-corrected chi connectivity index (χ4v) is 3.75. The monoisotopic (exact) mass is 411 g/mol. The number of para-hydroxylation sites is 2. The maximum atomic E-state index is 13.0. The number of carbonyl (C=O) groups is 1. The molecule has 0 bridgehead atoms. The van der Waals surface area contributed by atoms with Gasteiger partial charge in [0.05, 0.1) is 37.3 Å². The van der Waals surface area contributed by atoms with Crippen molar-refractivity contribution in [1.82, 2.24) is 14.8 Å². The van der Waals surface area contributed by atoms with Crippen molar-refractivity contribution in [2.45, 2.75) is 25.0 Å². The first-order valence-electron chi connectivity index (χ1n) is 9.09. The molecule has 0 radical (unpaired) electrons. The van der Waals surface area contributed by atoms with Crippen LogP contribution in [-0.2, 0) is 11.3 Å². The van der Waals surface area contributed by atoms with Crippen LogP contribution in [0, 0.1) is 11.3 Å². The molecule has 0 atom stereocenters. The lowest BCUT2D eigenvalue weighted by molar-refractivity contribution is -0.116. The van der Waals surface area contributed by atoms with E-state index in [0.29, 0.717) is 34.7 Å². The number of ether oxygens (including phenoxy) is 1. The van der Waals surface area contributed by atoms with E-state index in [4.69, 9.17) is 14.4 Å². The summed E-state index contributed by atoms with van der Waals surface area (Å²) >= 11 is 1.30. The van der Waals surface area contributed by atoms with E-state index in [1.165, 1.54) is 11.8 Å². The standard InChI is InChI=1S/C20H21N5O3S/c1-3-24-19(17-10-6-13-28-17)22-23-20(24)29-14-18(26)25(12-7-11-21)15-8-4-5-9-16(15)27-2/h4-6,8-10,13H,3,7,12,14H2,1-2H3. The van der Waals surface area contributed by atoms with Gasteiger partial charge in [0.2, 0.25) is 5.91 Å². The number of furan rings is 1. The fourth-order valence-electron chi connectivity index (χ4n) is 2.87. The summed E-state index contributed by atoms with van der Waals surface area (Å²) in [5.74, 6) is 1.85. The number of nitriles is 1. The van der Waals surface area contributed by atoms with Gasteiger partial charge in [0, 0.05) is 13.1 Å². The van der Waals surface area contributed by atoms with Crippen molar-refractivity contribution in [3.8, 4) is 23.4 Å². The minimum absolute atomic E-state index is 0.139. The van der Waals surface area contributed by atoms with E-state index in [0.717, 1.165) is 0 Å². The topological polar surface area (TPSA) is 97.2 Å². The number of hydrogen-bond donors (Lipinski definition) is 0. The zero-order valence-electron chi connectivity index (χ0n) is 16.2. The van der Waals surface area contributed by atoms with Crippen molar-refractivity contribution in [3.63, 3.8) is 0 Å². The Morgan fingerprint density at radius 2 is 2.14 bits per heavy atom. The van der Waals surface area contributed by atoms with E-state index < -0.39 is 0 Å². The van der Waals surface area contributed by atoms with Crippen LogP contribution in [0.4, 0.5) is 5.69 Å². The molecule has 1 amide bonds. The van der Waals surface area contributed by atoms with Gasteiger partial charge in [0.1, 0.15) is 5.75 Å². The second-order valence-corrected chi connectivity index (χ2v) is 6.88. The van der Waals surface area contributed by atoms with E-state index in [1.54, 1.807) is 30.4 Å². The molecule has 3 aromatic rings. The van der Waals surface area contributed by atoms with Crippen LogP contribution < -0.4 is 9.64 Å². The van der Waals surface area contributed by atoms with Crippen molar-refractivity contribution < 1.29 is 13.9 Å². The van der Waals surface area contributed by atoms with Gasteiger partial charge in [-0.3, -0.25) is 9.36 Å². The fraction of sp³-hybridized carbons (Fsp3) is 0.300. The summed E-state index contributed by atoms with van der Waals surface area (Å²) in [5.41, 5.74) is 0.643. The highest BCUT2D eigenvalue weighted by Gasteiger charge is 2.21. The van der Waals surface area contributed by atoms with Gasteiger partial charge in [-0.15, -0.1) is 10.2 Å². The molecule has 2 heterocycles. The lowest BCUT2D eigenvalue weighted by atomic mass is 10.2. The van der Waals surface area contributed by atoms with Crippen molar-refractivity contribution >= 4 is 23.4 Å². The number of amides is 1. The van der Waals surface area contributed by atoms with E-state index in [1.807, 2.05) is 35.8 Å². The quantitative estimate of drug-likeness (QED) is 0.496. The van der Waals surface area contributed by atoms with Crippen molar-refractivity contribution in [2.75, 3.05) is 24.3 Å². The van der Waals surface area contributed by atoms with Crippen LogP contribution in [0.5, 0.6) is 5.75 Å². The van der Waals surface area contributed by atoms with Crippen molar-refractivity contribution in [3.05, 3.63) is 42.7 Å². The maximum absolute atomic E-state index is 13.0. The normalized spacial score (nSPS) is 10.5. The summed E-state index contributed by atoms with van der Waals surface area (Å²) in [6.45, 7) is 2.91. The highest BCUT2D eigenvalue weighted by atomic mass is 32.2. The first-order chi connectivity index (χ1) is 14.2. The Kier molecular flexibility index (Phi) is 6.92.